The van der Waals surface area contributed by atoms with Gasteiger partial charge in [0, 0.05) is 19.6 Å². The Morgan fingerprint density at radius 3 is 2.81 bits per heavy atom. The van der Waals surface area contributed by atoms with Gasteiger partial charge in [0.15, 0.2) is 6.61 Å². The highest BCUT2D eigenvalue weighted by atomic mass is 32.2. The van der Waals surface area contributed by atoms with E-state index in [1.165, 1.54) is 16.4 Å². The topological polar surface area (TPSA) is 105 Å². The van der Waals surface area contributed by atoms with Gasteiger partial charge in [-0.3, -0.25) is 9.59 Å². The van der Waals surface area contributed by atoms with E-state index < -0.39 is 15.9 Å². The second kappa shape index (κ2) is 9.30. The van der Waals surface area contributed by atoms with Gasteiger partial charge in [0.2, 0.25) is 15.9 Å². The minimum Gasteiger partial charge on any atom is -0.482 e. The Hall–Kier alpha value is -2.91. The molecule has 0 aromatic heterocycles. The first-order valence-corrected chi connectivity index (χ1v) is 12.2. The molecule has 2 atom stereocenters. The molecule has 2 unspecified atom stereocenters. The lowest BCUT2D eigenvalue weighted by molar-refractivity contribution is -0.126. The molecule has 8 nitrogen and oxygen atoms in total. The molecule has 2 N–H and O–H groups in total. The normalized spacial score (nSPS) is 19.9. The molecule has 2 aliphatic rings. The maximum Gasteiger partial charge on any atom is 0.262 e. The average Bonchev–Trinajstić information content (AvgIpc) is 2.82. The van der Waals surface area contributed by atoms with Gasteiger partial charge in [0.25, 0.3) is 5.91 Å². The van der Waals surface area contributed by atoms with Crippen LogP contribution in [0.3, 0.4) is 0 Å². The van der Waals surface area contributed by atoms with E-state index in [1.807, 2.05) is 37.3 Å². The first kappa shape index (κ1) is 22.3. The summed E-state index contributed by atoms with van der Waals surface area (Å²) in [7, 11) is -3.81. The third-order valence-corrected chi connectivity index (χ3v) is 7.79. The van der Waals surface area contributed by atoms with Crippen LogP contribution in [0.5, 0.6) is 5.75 Å². The summed E-state index contributed by atoms with van der Waals surface area (Å²) in [5, 5.41) is 5.62. The second-order valence-electron chi connectivity index (χ2n) is 8.25. The molecule has 9 heteroatoms. The summed E-state index contributed by atoms with van der Waals surface area (Å²) >= 11 is 0. The molecule has 1 fully saturated rings. The SMILES string of the molecule is CC(CNC(=O)C1CCCN(S(=O)(=O)c2ccc3c(c2)NC(=O)CO3)C1)c1ccccc1. The van der Waals surface area contributed by atoms with Crippen LogP contribution in [0.1, 0.15) is 31.2 Å². The molecule has 2 heterocycles. The number of amides is 2. The molecular weight excluding hydrogens is 430 g/mol. The van der Waals surface area contributed by atoms with Gasteiger partial charge in [-0.15, -0.1) is 0 Å². The number of carbonyl (C=O) groups is 2. The number of carbonyl (C=O) groups excluding carboxylic acids is 2. The van der Waals surface area contributed by atoms with Gasteiger partial charge in [0.05, 0.1) is 16.5 Å². The van der Waals surface area contributed by atoms with Crippen LogP contribution in [-0.4, -0.2) is 50.8 Å². The number of anilines is 1. The number of nitrogens with one attached hydrogen (secondary N) is 2. The summed E-state index contributed by atoms with van der Waals surface area (Å²) < 4.78 is 33.1. The van der Waals surface area contributed by atoms with E-state index in [4.69, 9.17) is 4.74 Å². The van der Waals surface area contributed by atoms with E-state index in [2.05, 4.69) is 10.6 Å². The fourth-order valence-corrected chi connectivity index (χ4v) is 5.59. The zero-order valence-corrected chi connectivity index (χ0v) is 18.7. The predicted molar refractivity (Wildman–Crippen MR) is 120 cm³/mol. The number of hydrogen-bond donors (Lipinski definition) is 2. The fourth-order valence-electron chi connectivity index (χ4n) is 4.04. The van der Waals surface area contributed by atoms with Crippen molar-refractivity contribution < 1.29 is 22.7 Å². The van der Waals surface area contributed by atoms with E-state index in [0.717, 1.165) is 5.56 Å². The maximum atomic E-state index is 13.2. The summed E-state index contributed by atoms with van der Waals surface area (Å²) in [6, 6.07) is 14.4. The number of hydrogen-bond acceptors (Lipinski definition) is 5. The molecular formula is C23H27N3O5S. The molecule has 2 aromatic carbocycles. The van der Waals surface area contributed by atoms with E-state index in [9.17, 15) is 18.0 Å². The fraction of sp³-hybridized carbons (Fsp3) is 0.391. The molecule has 2 amide bonds. The van der Waals surface area contributed by atoms with Crippen molar-refractivity contribution in [3.63, 3.8) is 0 Å². The zero-order chi connectivity index (χ0) is 22.7. The Labute approximate surface area is 188 Å². The summed E-state index contributed by atoms with van der Waals surface area (Å²) in [6.45, 7) is 2.94. The maximum absolute atomic E-state index is 13.2. The third kappa shape index (κ3) is 4.78. The van der Waals surface area contributed by atoms with Crippen LogP contribution >= 0.6 is 0 Å². The van der Waals surface area contributed by atoms with Crippen LogP contribution in [0.4, 0.5) is 5.69 Å². The molecule has 0 radical (unpaired) electrons. The largest absolute Gasteiger partial charge is 0.482 e. The molecule has 0 saturated carbocycles. The van der Waals surface area contributed by atoms with Crippen LogP contribution in [0.15, 0.2) is 53.4 Å². The molecule has 1 saturated heterocycles. The summed E-state index contributed by atoms with van der Waals surface area (Å²) in [5.41, 5.74) is 1.48. The Bertz CT molecular complexity index is 1100. The predicted octanol–water partition coefficient (Wildman–Crippen LogP) is 2.34. The van der Waals surface area contributed by atoms with E-state index in [1.54, 1.807) is 6.07 Å². The van der Waals surface area contributed by atoms with Crippen LogP contribution in [0.25, 0.3) is 0 Å². The molecule has 2 aliphatic heterocycles. The van der Waals surface area contributed by atoms with Crippen LogP contribution < -0.4 is 15.4 Å². The van der Waals surface area contributed by atoms with Crippen molar-refractivity contribution in [2.75, 3.05) is 31.6 Å². The number of rotatable bonds is 6. The lowest BCUT2D eigenvalue weighted by atomic mass is 9.97. The minimum absolute atomic E-state index is 0.0702. The number of benzene rings is 2. The Balaban J connectivity index is 1.41. The van der Waals surface area contributed by atoms with E-state index >= 15 is 0 Å². The van der Waals surface area contributed by atoms with Gasteiger partial charge in [-0.1, -0.05) is 37.3 Å². The van der Waals surface area contributed by atoms with Gasteiger partial charge >= 0.3 is 0 Å². The van der Waals surface area contributed by atoms with Crippen molar-refractivity contribution in [2.24, 2.45) is 5.92 Å². The van der Waals surface area contributed by atoms with Crippen LogP contribution in [0.2, 0.25) is 0 Å². The Kier molecular flexibility index (Phi) is 6.48. The summed E-state index contributed by atoms with van der Waals surface area (Å²) in [6.07, 6.45) is 1.25. The standard InChI is InChI=1S/C23H27N3O5S/c1-16(17-6-3-2-4-7-17)13-24-23(28)18-8-5-11-26(14-18)32(29,30)19-9-10-21-20(12-19)25-22(27)15-31-21/h2-4,6-7,9-10,12,16,18H,5,8,11,13-15H2,1H3,(H,24,28)(H,25,27). The molecule has 2 aromatic rings. The molecule has 170 valence electrons. The minimum atomic E-state index is -3.81. The van der Waals surface area contributed by atoms with E-state index in [0.29, 0.717) is 37.4 Å². The van der Waals surface area contributed by atoms with Crippen molar-refractivity contribution in [2.45, 2.75) is 30.6 Å². The highest BCUT2D eigenvalue weighted by Gasteiger charge is 2.34. The lowest BCUT2D eigenvalue weighted by Crippen LogP contribution is -2.45. The van der Waals surface area contributed by atoms with Gasteiger partial charge < -0.3 is 15.4 Å². The van der Waals surface area contributed by atoms with E-state index in [-0.39, 0.29) is 35.8 Å². The zero-order valence-electron chi connectivity index (χ0n) is 17.9. The van der Waals surface area contributed by atoms with Gasteiger partial charge in [-0.25, -0.2) is 8.42 Å². The number of ether oxygens (including phenoxy) is 1. The van der Waals surface area contributed by atoms with Gasteiger partial charge in [-0.05, 0) is 42.5 Å². The first-order valence-electron chi connectivity index (χ1n) is 10.7. The highest BCUT2D eigenvalue weighted by Crippen LogP contribution is 2.32. The quantitative estimate of drug-likeness (QED) is 0.693. The number of piperidine rings is 1. The first-order chi connectivity index (χ1) is 15.3. The molecule has 0 bridgehead atoms. The Morgan fingerprint density at radius 2 is 2.03 bits per heavy atom. The summed E-state index contributed by atoms with van der Waals surface area (Å²) in [4.78, 5) is 24.4. The molecule has 32 heavy (non-hydrogen) atoms. The highest BCUT2D eigenvalue weighted by molar-refractivity contribution is 7.89. The second-order valence-corrected chi connectivity index (χ2v) is 10.2. The Morgan fingerprint density at radius 1 is 1.25 bits per heavy atom. The van der Waals surface area contributed by atoms with Crippen molar-refractivity contribution in [3.05, 3.63) is 54.1 Å². The molecule has 0 spiro atoms. The molecule has 0 aliphatic carbocycles. The van der Waals surface area contributed by atoms with Gasteiger partial charge in [-0.2, -0.15) is 4.31 Å². The molecule has 4 rings (SSSR count). The number of sulfonamides is 1. The van der Waals surface area contributed by atoms with Crippen molar-refractivity contribution in [1.29, 1.82) is 0 Å². The monoisotopic (exact) mass is 457 g/mol. The van der Waals surface area contributed by atoms with Crippen LogP contribution in [-0.2, 0) is 19.6 Å². The van der Waals surface area contributed by atoms with Crippen molar-refractivity contribution >= 4 is 27.5 Å². The number of fused-ring (bicyclic) bond motifs is 1. The lowest BCUT2D eigenvalue weighted by Gasteiger charge is -2.31. The van der Waals surface area contributed by atoms with Gasteiger partial charge in [0.1, 0.15) is 5.75 Å². The van der Waals surface area contributed by atoms with Crippen molar-refractivity contribution in [1.82, 2.24) is 9.62 Å². The van der Waals surface area contributed by atoms with Crippen molar-refractivity contribution in [3.8, 4) is 5.75 Å². The third-order valence-electron chi connectivity index (χ3n) is 5.93. The number of nitrogens with zero attached hydrogens (tertiary/aromatic N) is 1. The smallest absolute Gasteiger partial charge is 0.262 e. The van der Waals surface area contributed by atoms with Crippen LogP contribution in [0, 0.1) is 5.92 Å². The average molecular weight is 458 g/mol. The summed E-state index contributed by atoms with van der Waals surface area (Å²) in [5.74, 6) is -0.254.